The number of anilines is 1. The molecule has 25 heavy (non-hydrogen) atoms. The van der Waals surface area contributed by atoms with Crippen LogP contribution in [0.4, 0.5) is 5.69 Å². The zero-order valence-electron chi connectivity index (χ0n) is 14.2. The fraction of sp³-hybridized carbons (Fsp3) is 0.471. The van der Waals surface area contributed by atoms with E-state index in [1.807, 2.05) is 13.0 Å². The van der Waals surface area contributed by atoms with Gasteiger partial charge in [-0.1, -0.05) is 36.1 Å². The minimum atomic E-state index is -0.459. The van der Waals surface area contributed by atoms with Gasteiger partial charge < -0.3 is 19.7 Å². The van der Waals surface area contributed by atoms with Gasteiger partial charge in [-0.15, -0.1) is 0 Å². The molecule has 1 aromatic rings. The van der Waals surface area contributed by atoms with Gasteiger partial charge in [0.1, 0.15) is 10.1 Å². The van der Waals surface area contributed by atoms with Gasteiger partial charge in [0.25, 0.3) is 5.91 Å². The third-order valence-corrected chi connectivity index (χ3v) is 5.00. The van der Waals surface area contributed by atoms with E-state index >= 15 is 0 Å². The average molecular weight is 383 g/mol. The van der Waals surface area contributed by atoms with Crippen LogP contribution >= 0.6 is 24.0 Å². The van der Waals surface area contributed by atoms with Crippen LogP contribution < -0.4 is 10.1 Å². The summed E-state index contributed by atoms with van der Waals surface area (Å²) in [6, 6.07) is 7.11. The van der Waals surface area contributed by atoms with Crippen molar-refractivity contribution in [1.82, 2.24) is 4.90 Å². The largest absolute Gasteiger partial charge is 0.492 e. The van der Waals surface area contributed by atoms with Crippen LogP contribution in [-0.4, -0.2) is 53.2 Å². The lowest BCUT2D eigenvalue weighted by molar-refractivity contribution is -0.144. The van der Waals surface area contributed by atoms with E-state index in [9.17, 15) is 9.59 Å². The molecule has 1 aromatic carbocycles. The number of esters is 1. The fourth-order valence-corrected chi connectivity index (χ4v) is 3.39. The lowest BCUT2D eigenvalue weighted by Crippen LogP contribution is -2.25. The van der Waals surface area contributed by atoms with E-state index in [0.29, 0.717) is 22.4 Å². The van der Waals surface area contributed by atoms with Gasteiger partial charge in [-0.2, -0.15) is 0 Å². The van der Waals surface area contributed by atoms with Gasteiger partial charge in [0.2, 0.25) is 0 Å². The molecule has 6 nitrogen and oxygen atoms in total. The van der Waals surface area contributed by atoms with Gasteiger partial charge in [-0.05, 0) is 31.9 Å². The summed E-state index contributed by atoms with van der Waals surface area (Å²) in [5, 5.41) is 2.68. The lowest BCUT2D eigenvalue weighted by atomic mass is 10.3. The molecule has 1 fully saturated rings. The summed E-state index contributed by atoms with van der Waals surface area (Å²) < 4.78 is 11.1. The maximum Gasteiger partial charge on any atom is 0.316 e. The molecule has 0 aliphatic carbocycles. The molecule has 1 heterocycles. The van der Waals surface area contributed by atoms with Crippen LogP contribution in [0.25, 0.3) is 0 Å². The molecule has 0 aromatic heterocycles. The van der Waals surface area contributed by atoms with Crippen LogP contribution in [0.15, 0.2) is 24.3 Å². The number of hydrogen-bond acceptors (Lipinski definition) is 6. The molecule has 0 bridgehead atoms. The second kappa shape index (κ2) is 10.2. The third kappa shape index (κ3) is 6.55. The van der Waals surface area contributed by atoms with Gasteiger partial charge in [-0.3, -0.25) is 9.59 Å². The Hall–Kier alpha value is -1.80. The molecular formula is C17H22N2O4S2. The smallest absolute Gasteiger partial charge is 0.316 e. The van der Waals surface area contributed by atoms with Crippen LogP contribution in [-0.2, 0) is 14.3 Å². The summed E-state index contributed by atoms with van der Waals surface area (Å²) in [5.41, 5.74) is 0.551. The normalized spacial score (nSPS) is 13.4. The zero-order chi connectivity index (χ0) is 18.1. The van der Waals surface area contributed by atoms with Crippen molar-refractivity contribution in [3.8, 4) is 5.75 Å². The first-order valence-electron chi connectivity index (χ1n) is 8.19. The minimum absolute atomic E-state index is 0.109. The molecule has 1 aliphatic rings. The van der Waals surface area contributed by atoms with Crippen molar-refractivity contribution < 1.29 is 19.1 Å². The van der Waals surface area contributed by atoms with Gasteiger partial charge in [0.15, 0.2) is 6.61 Å². The van der Waals surface area contributed by atoms with Crippen LogP contribution in [0.5, 0.6) is 5.75 Å². The SMILES string of the molecule is CCOc1ccccc1NC(=O)COC(=O)CSC(=S)N1CCCC1. The van der Waals surface area contributed by atoms with Crippen molar-refractivity contribution in [2.45, 2.75) is 19.8 Å². The van der Waals surface area contributed by atoms with Crippen molar-refractivity contribution in [3.05, 3.63) is 24.3 Å². The molecular weight excluding hydrogens is 360 g/mol. The summed E-state index contributed by atoms with van der Waals surface area (Å²) in [4.78, 5) is 25.8. The van der Waals surface area contributed by atoms with Crippen molar-refractivity contribution in [3.63, 3.8) is 0 Å². The molecule has 1 N–H and O–H groups in total. The molecule has 0 saturated carbocycles. The minimum Gasteiger partial charge on any atom is -0.492 e. The Kier molecular flexibility index (Phi) is 8.00. The number of nitrogens with one attached hydrogen (secondary N) is 1. The molecule has 0 radical (unpaired) electrons. The van der Waals surface area contributed by atoms with Crippen LogP contribution in [0.2, 0.25) is 0 Å². The number of hydrogen-bond donors (Lipinski definition) is 1. The number of carbonyl (C=O) groups is 2. The Balaban J connectivity index is 1.70. The van der Waals surface area contributed by atoms with E-state index in [-0.39, 0.29) is 12.4 Å². The Morgan fingerprint density at radius 1 is 1.28 bits per heavy atom. The lowest BCUT2D eigenvalue weighted by Gasteiger charge is -2.17. The standard InChI is InChI=1S/C17H22N2O4S2/c1-2-22-14-8-4-3-7-13(14)18-15(20)11-23-16(21)12-25-17(24)19-9-5-6-10-19/h3-4,7-8H,2,5-6,9-12H2,1H3,(H,18,20). The number of nitrogens with zero attached hydrogens (tertiary/aromatic N) is 1. The van der Waals surface area contributed by atoms with Crippen molar-refractivity contribution >= 4 is 45.9 Å². The highest BCUT2D eigenvalue weighted by molar-refractivity contribution is 8.23. The van der Waals surface area contributed by atoms with Crippen molar-refractivity contribution in [2.75, 3.05) is 37.4 Å². The number of ether oxygens (including phenoxy) is 2. The second-order valence-electron chi connectivity index (χ2n) is 5.39. The highest BCUT2D eigenvalue weighted by atomic mass is 32.2. The van der Waals surface area contributed by atoms with E-state index in [0.717, 1.165) is 25.9 Å². The van der Waals surface area contributed by atoms with Gasteiger partial charge in [0, 0.05) is 13.1 Å². The number of amides is 1. The Morgan fingerprint density at radius 3 is 2.72 bits per heavy atom. The molecule has 0 unspecified atom stereocenters. The quantitative estimate of drug-likeness (QED) is 0.574. The number of para-hydroxylation sites is 2. The zero-order valence-corrected chi connectivity index (χ0v) is 15.8. The van der Waals surface area contributed by atoms with Crippen LogP contribution in [0.1, 0.15) is 19.8 Å². The molecule has 0 spiro atoms. The number of benzene rings is 1. The van der Waals surface area contributed by atoms with Crippen LogP contribution in [0, 0.1) is 0 Å². The van der Waals surface area contributed by atoms with Crippen molar-refractivity contribution in [1.29, 1.82) is 0 Å². The number of thiocarbonyl (C=S) groups is 1. The first-order chi connectivity index (χ1) is 12.1. The molecule has 2 rings (SSSR count). The molecule has 8 heteroatoms. The van der Waals surface area contributed by atoms with E-state index in [1.165, 1.54) is 11.8 Å². The van der Waals surface area contributed by atoms with Gasteiger partial charge in [-0.25, -0.2) is 0 Å². The Morgan fingerprint density at radius 2 is 2.00 bits per heavy atom. The third-order valence-electron chi connectivity index (χ3n) is 3.50. The maximum atomic E-state index is 11.9. The van der Waals surface area contributed by atoms with Crippen molar-refractivity contribution in [2.24, 2.45) is 0 Å². The number of likely N-dealkylation sites (tertiary alicyclic amines) is 1. The summed E-state index contributed by atoms with van der Waals surface area (Å²) in [6.45, 7) is 3.92. The molecule has 1 aliphatic heterocycles. The van der Waals surface area contributed by atoms with Gasteiger partial charge >= 0.3 is 5.97 Å². The van der Waals surface area contributed by atoms with E-state index in [2.05, 4.69) is 10.2 Å². The average Bonchev–Trinajstić information content (AvgIpc) is 3.14. The maximum absolute atomic E-state index is 11.9. The number of thioether (sulfide) groups is 1. The van der Waals surface area contributed by atoms with E-state index in [1.54, 1.807) is 18.2 Å². The summed E-state index contributed by atoms with van der Waals surface area (Å²) >= 11 is 6.56. The monoisotopic (exact) mass is 382 g/mol. The molecule has 0 atom stereocenters. The number of rotatable bonds is 7. The summed E-state index contributed by atoms with van der Waals surface area (Å²) in [5.74, 6) is -0.179. The van der Waals surface area contributed by atoms with E-state index < -0.39 is 11.9 Å². The molecule has 1 amide bonds. The van der Waals surface area contributed by atoms with E-state index in [4.69, 9.17) is 21.7 Å². The molecule has 1 saturated heterocycles. The summed E-state index contributed by atoms with van der Waals surface area (Å²) in [6.07, 6.45) is 2.27. The van der Waals surface area contributed by atoms with Crippen LogP contribution in [0.3, 0.4) is 0 Å². The number of carbonyl (C=O) groups excluding carboxylic acids is 2. The fourth-order valence-electron chi connectivity index (χ4n) is 2.34. The summed E-state index contributed by atoms with van der Waals surface area (Å²) in [7, 11) is 0. The topological polar surface area (TPSA) is 67.9 Å². The highest BCUT2D eigenvalue weighted by Gasteiger charge is 2.17. The predicted molar refractivity (Wildman–Crippen MR) is 103 cm³/mol. The highest BCUT2D eigenvalue weighted by Crippen LogP contribution is 2.23. The first kappa shape index (κ1) is 19.5. The first-order valence-corrected chi connectivity index (χ1v) is 9.58. The molecule has 136 valence electrons. The predicted octanol–water partition coefficient (Wildman–Crippen LogP) is 2.68. The van der Waals surface area contributed by atoms with Gasteiger partial charge in [0.05, 0.1) is 18.0 Å². The Labute approximate surface area is 157 Å². The Bertz CT molecular complexity index is 618. The second-order valence-corrected chi connectivity index (χ2v) is 7.00.